The number of para-hydroxylation sites is 2. The highest BCUT2D eigenvalue weighted by atomic mass is 32.2. The minimum atomic E-state index is -0.365. The normalized spacial score (nSPS) is 14.1. The average molecular weight is 621 g/mol. The molecule has 1 aromatic heterocycles. The van der Waals surface area contributed by atoms with Crippen molar-refractivity contribution in [2.75, 3.05) is 24.2 Å². The molecule has 2 amide bonds. The van der Waals surface area contributed by atoms with Gasteiger partial charge in [0.2, 0.25) is 11.8 Å². The molecule has 0 aliphatic carbocycles. The lowest BCUT2D eigenvalue weighted by Gasteiger charge is -2.15. The lowest BCUT2D eigenvalue weighted by Crippen LogP contribution is -2.31. The van der Waals surface area contributed by atoms with E-state index in [-0.39, 0.29) is 42.3 Å². The van der Waals surface area contributed by atoms with Crippen LogP contribution in [0.1, 0.15) is 23.7 Å². The lowest BCUT2D eigenvalue weighted by atomic mass is 10.2. The molecule has 4 aromatic rings. The number of benzene rings is 3. The number of imidazole rings is 1. The summed E-state index contributed by atoms with van der Waals surface area (Å²) in [5, 5.41) is 3.22. The lowest BCUT2D eigenvalue weighted by molar-refractivity contribution is -0.122. The van der Waals surface area contributed by atoms with Gasteiger partial charge in [-0.2, -0.15) is 0 Å². The van der Waals surface area contributed by atoms with Crippen LogP contribution in [0.5, 0.6) is 5.75 Å². The highest BCUT2D eigenvalue weighted by Gasteiger charge is 2.32. The van der Waals surface area contributed by atoms with Crippen LogP contribution in [0.2, 0.25) is 0 Å². The summed E-state index contributed by atoms with van der Waals surface area (Å²) in [6.45, 7) is 2.53. The van der Waals surface area contributed by atoms with Crippen molar-refractivity contribution in [2.24, 2.45) is 0 Å². The SMILES string of the molecule is CCOc1ccc(NC(=O)CSc2nc3ccccc3n2C(=O)CCN2C(=O)C(=Cc3ccc(F)cc3)SC2=S)cc1. The van der Waals surface area contributed by atoms with Gasteiger partial charge in [-0.3, -0.25) is 23.9 Å². The molecule has 8 nitrogen and oxygen atoms in total. The molecule has 1 saturated heterocycles. The predicted molar refractivity (Wildman–Crippen MR) is 168 cm³/mol. The van der Waals surface area contributed by atoms with Gasteiger partial charge in [-0.25, -0.2) is 9.37 Å². The molecule has 12 heteroatoms. The maximum atomic E-state index is 13.5. The number of carbonyl (C=O) groups is 3. The molecule has 0 unspecified atom stereocenters. The van der Waals surface area contributed by atoms with Gasteiger partial charge < -0.3 is 10.1 Å². The summed E-state index contributed by atoms with van der Waals surface area (Å²) in [7, 11) is 0. The Balaban J connectivity index is 1.25. The number of hydrogen-bond acceptors (Lipinski definition) is 8. The first-order valence-electron chi connectivity index (χ1n) is 13.0. The van der Waals surface area contributed by atoms with Gasteiger partial charge in [0.25, 0.3) is 5.91 Å². The molecule has 1 fully saturated rings. The van der Waals surface area contributed by atoms with E-state index in [2.05, 4.69) is 10.3 Å². The summed E-state index contributed by atoms with van der Waals surface area (Å²) >= 11 is 7.70. The minimum absolute atomic E-state index is 0.0114. The summed E-state index contributed by atoms with van der Waals surface area (Å²) in [4.78, 5) is 45.6. The van der Waals surface area contributed by atoms with Crippen molar-refractivity contribution < 1.29 is 23.5 Å². The summed E-state index contributed by atoms with van der Waals surface area (Å²) in [5.41, 5.74) is 2.53. The number of halogens is 1. The molecule has 3 aromatic carbocycles. The zero-order valence-electron chi connectivity index (χ0n) is 22.4. The van der Waals surface area contributed by atoms with Crippen molar-refractivity contribution in [1.82, 2.24) is 14.5 Å². The van der Waals surface area contributed by atoms with Gasteiger partial charge >= 0.3 is 0 Å². The van der Waals surface area contributed by atoms with Crippen LogP contribution in [0.15, 0.2) is 82.9 Å². The first kappa shape index (κ1) is 29.5. The topological polar surface area (TPSA) is 93.5 Å². The Morgan fingerprint density at radius 2 is 1.83 bits per heavy atom. The van der Waals surface area contributed by atoms with Gasteiger partial charge in [0.05, 0.1) is 28.3 Å². The van der Waals surface area contributed by atoms with Gasteiger partial charge in [-0.1, -0.05) is 60.0 Å². The Bertz CT molecular complexity index is 1690. The molecule has 1 aliphatic rings. The number of carbonyl (C=O) groups excluding carboxylic acids is 3. The molecule has 0 saturated carbocycles. The Kier molecular flexibility index (Phi) is 9.35. The molecule has 1 aliphatic heterocycles. The zero-order valence-corrected chi connectivity index (χ0v) is 24.9. The monoisotopic (exact) mass is 620 g/mol. The minimum Gasteiger partial charge on any atom is -0.494 e. The number of nitrogens with zero attached hydrogens (tertiary/aromatic N) is 3. The number of amides is 2. The van der Waals surface area contributed by atoms with Crippen molar-refractivity contribution in [3.63, 3.8) is 0 Å². The van der Waals surface area contributed by atoms with Crippen molar-refractivity contribution in [3.05, 3.63) is 89.1 Å². The van der Waals surface area contributed by atoms with E-state index in [1.54, 1.807) is 54.6 Å². The maximum Gasteiger partial charge on any atom is 0.266 e. The number of thiocarbonyl (C=S) groups is 1. The molecular formula is C30H25FN4O4S3. The molecule has 0 bridgehead atoms. The van der Waals surface area contributed by atoms with E-state index in [4.69, 9.17) is 17.0 Å². The van der Waals surface area contributed by atoms with Crippen LogP contribution < -0.4 is 10.1 Å². The molecular weight excluding hydrogens is 596 g/mol. The second-order valence-corrected chi connectivity index (χ2v) is 11.7. The Morgan fingerprint density at radius 3 is 2.57 bits per heavy atom. The fourth-order valence-corrected chi connectivity index (χ4v) is 6.33. The maximum absolute atomic E-state index is 13.5. The first-order valence-corrected chi connectivity index (χ1v) is 15.2. The molecule has 2 heterocycles. The van der Waals surface area contributed by atoms with Crippen molar-refractivity contribution in [2.45, 2.75) is 18.5 Å². The highest BCUT2D eigenvalue weighted by Crippen LogP contribution is 2.33. The molecule has 5 rings (SSSR count). The van der Waals surface area contributed by atoms with Gasteiger partial charge in [-0.15, -0.1) is 0 Å². The quantitative estimate of drug-likeness (QED) is 0.127. The van der Waals surface area contributed by atoms with Crippen molar-refractivity contribution in [3.8, 4) is 5.75 Å². The number of hydrogen-bond donors (Lipinski definition) is 1. The second kappa shape index (κ2) is 13.3. The van der Waals surface area contributed by atoms with Crippen LogP contribution in [0.4, 0.5) is 10.1 Å². The van der Waals surface area contributed by atoms with E-state index in [1.807, 2.05) is 19.1 Å². The largest absolute Gasteiger partial charge is 0.494 e. The number of nitrogens with one attached hydrogen (secondary N) is 1. The van der Waals surface area contributed by atoms with E-state index in [1.165, 1.54) is 21.6 Å². The van der Waals surface area contributed by atoms with Gasteiger partial charge in [-0.05, 0) is 67.1 Å². The number of rotatable bonds is 10. The van der Waals surface area contributed by atoms with E-state index in [0.29, 0.717) is 49.0 Å². The Morgan fingerprint density at radius 1 is 1.10 bits per heavy atom. The van der Waals surface area contributed by atoms with Crippen LogP contribution >= 0.6 is 35.7 Å². The molecule has 1 N–H and O–H groups in total. The first-order chi connectivity index (χ1) is 20.3. The van der Waals surface area contributed by atoms with E-state index < -0.39 is 0 Å². The van der Waals surface area contributed by atoms with Gasteiger partial charge in [0, 0.05) is 18.7 Å². The zero-order chi connectivity index (χ0) is 29.6. The molecule has 0 atom stereocenters. The smallest absolute Gasteiger partial charge is 0.266 e. The fourth-order valence-electron chi connectivity index (χ4n) is 4.19. The van der Waals surface area contributed by atoms with Gasteiger partial charge in [0.1, 0.15) is 15.9 Å². The fraction of sp³-hybridized carbons (Fsp3) is 0.167. The van der Waals surface area contributed by atoms with Crippen LogP contribution in [0.25, 0.3) is 17.1 Å². The summed E-state index contributed by atoms with van der Waals surface area (Å²) in [6, 6.07) is 20.1. The van der Waals surface area contributed by atoms with E-state index in [0.717, 1.165) is 23.5 Å². The molecule has 0 radical (unpaired) electrons. The van der Waals surface area contributed by atoms with Crippen molar-refractivity contribution >= 4 is 80.6 Å². The number of anilines is 1. The second-order valence-electron chi connectivity index (χ2n) is 9.04. The third kappa shape index (κ3) is 6.89. The van der Waals surface area contributed by atoms with Crippen LogP contribution in [0, 0.1) is 5.82 Å². The standard InChI is InChI=1S/C30H25FN4O4S3/c1-2-39-22-13-11-21(12-14-22)32-26(36)18-41-29-33-23-5-3-4-6-24(23)35(29)27(37)15-16-34-28(38)25(42-30(34)40)17-19-7-9-20(31)10-8-19/h3-14,17H,2,15-16,18H2,1H3,(H,32,36). The molecule has 214 valence electrons. The Hall–Kier alpha value is -4.00. The average Bonchev–Trinajstić information content (AvgIpc) is 3.49. The van der Waals surface area contributed by atoms with Crippen LogP contribution in [0.3, 0.4) is 0 Å². The predicted octanol–water partition coefficient (Wildman–Crippen LogP) is 6.24. The summed E-state index contributed by atoms with van der Waals surface area (Å²) in [6.07, 6.45) is 1.64. The Labute approximate surface area is 255 Å². The van der Waals surface area contributed by atoms with Crippen molar-refractivity contribution in [1.29, 1.82) is 0 Å². The van der Waals surface area contributed by atoms with Crippen LogP contribution in [-0.4, -0.2) is 55.4 Å². The molecule has 42 heavy (non-hydrogen) atoms. The third-order valence-electron chi connectivity index (χ3n) is 6.15. The highest BCUT2D eigenvalue weighted by molar-refractivity contribution is 8.26. The van der Waals surface area contributed by atoms with E-state index in [9.17, 15) is 18.8 Å². The summed E-state index contributed by atoms with van der Waals surface area (Å²) < 4.78 is 20.5. The number of thioether (sulfide) groups is 2. The number of ether oxygens (including phenoxy) is 1. The van der Waals surface area contributed by atoms with Gasteiger partial charge in [0.15, 0.2) is 5.16 Å². The third-order valence-corrected chi connectivity index (χ3v) is 8.47. The number of fused-ring (bicyclic) bond motifs is 1. The van der Waals surface area contributed by atoms with E-state index >= 15 is 0 Å². The number of aromatic nitrogens is 2. The van der Waals surface area contributed by atoms with Crippen LogP contribution in [-0.2, 0) is 9.59 Å². The summed E-state index contributed by atoms with van der Waals surface area (Å²) in [5.74, 6) is -0.455. The molecule has 0 spiro atoms.